The van der Waals surface area contributed by atoms with E-state index >= 15 is 0 Å². The second-order valence-electron chi connectivity index (χ2n) is 8.10. The smallest absolute Gasteiger partial charge is 0.237 e. The lowest BCUT2D eigenvalue weighted by Gasteiger charge is -2.19. The summed E-state index contributed by atoms with van der Waals surface area (Å²) in [4.78, 5) is 44.0. The van der Waals surface area contributed by atoms with Gasteiger partial charge in [-0.2, -0.15) is 0 Å². The average molecular weight is 520 g/mol. The Kier molecular flexibility index (Phi) is 6.35. The number of benzene rings is 2. The fraction of sp³-hybridized carbons (Fsp3) is 0.304. The van der Waals surface area contributed by atoms with Crippen molar-refractivity contribution < 1.29 is 14.4 Å². The number of nitrogens with one attached hydrogen (secondary N) is 1. The lowest BCUT2D eigenvalue weighted by atomic mass is 9.81. The summed E-state index contributed by atoms with van der Waals surface area (Å²) in [6.45, 7) is 0. The maximum Gasteiger partial charge on any atom is 0.237 e. The molecule has 1 N–H and O–H groups in total. The first-order valence-corrected chi connectivity index (χ1v) is 13.1. The molecule has 2 heterocycles. The van der Waals surface area contributed by atoms with Crippen LogP contribution in [0.4, 0.5) is 11.4 Å². The highest BCUT2D eigenvalue weighted by Gasteiger charge is 2.48. The monoisotopic (exact) mass is 519 g/mol. The number of fused-ring (bicyclic) bond motifs is 2. The van der Waals surface area contributed by atoms with Crippen LogP contribution >= 0.6 is 46.3 Å². The van der Waals surface area contributed by atoms with Gasteiger partial charge in [0.2, 0.25) is 17.7 Å². The van der Waals surface area contributed by atoms with Crippen LogP contribution in [0, 0.1) is 11.8 Å². The molecule has 2 atom stereocenters. The number of hydrogen-bond acceptors (Lipinski definition) is 6. The van der Waals surface area contributed by atoms with E-state index in [-0.39, 0.29) is 35.3 Å². The second kappa shape index (κ2) is 9.25. The molecule has 10 heteroatoms. The Balaban J connectivity index is 1.28. The van der Waals surface area contributed by atoms with Crippen molar-refractivity contribution in [3.63, 3.8) is 0 Å². The molecule has 170 valence electrons. The fourth-order valence-corrected chi connectivity index (χ4v) is 6.77. The summed E-state index contributed by atoms with van der Waals surface area (Å²) in [6, 6.07) is 10.3. The van der Waals surface area contributed by atoms with Crippen molar-refractivity contribution in [2.24, 2.45) is 11.8 Å². The van der Waals surface area contributed by atoms with Gasteiger partial charge in [0.1, 0.15) is 0 Å². The van der Waals surface area contributed by atoms with Crippen molar-refractivity contribution in [2.45, 2.75) is 30.0 Å². The fourth-order valence-electron chi connectivity index (χ4n) is 4.41. The number of carbonyl (C=O) groups excluding carboxylic acids is 3. The third kappa shape index (κ3) is 4.49. The molecule has 0 spiro atoms. The summed E-state index contributed by atoms with van der Waals surface area (Å²) in [5.41, 5.74) is 1.87. The van der Waals surface area contributed by atoms with E-state index in [0.717, 1.165) is 40.2 Å². The standard InChI is InChI=1S/C23H19Cl2N3O3S2/c24-12-5-7-17(16(25)9-12)26-20(29)11-32-23-27-18-8-6-13(10-19(18)33-23)28-21(30)14-3-1-2-4-15(14)22(28)31/h5-10,14-15H,1-4,11H2,(H,26,29)/t14-,15-/m1/s1. The van der Waals surface area contributed by atoms with Crippen molar-refractivity contribution >= 4 is 85.6 Å². The zero-order valence-corrected chi connectivity index (χ0v) is 20.5. The Morgan fingerprint density at radius 3 is 2.52 bits per heavy atom. The topological polar surface area (TPSA) is 79.4 Å². The van der Waals surface area contributed by atoms with Gasteiger partial charge in [0.25, 0.3) is 0 Å². The molecule has 1 saturated heterocycles. The number of nitrogens with zero attached hydrogens (tertiary/aromatic N) is 2. The first kappa shape index (κ1) is 22.7. The van der Waals surface area contributed by atoms with Crippen LogP contribution in [-0.2, 0) is 14.4 Å². The van der Waals surface area contributed by atoms with Gasteiger partial charge in [-0.3, -0.25) is 19.3 Å². The molecule has 3 amide bonds. The second-order valence-corrected chi connectivity index (χ2v) is 11.2. The molecule has 0 bridgehead atoms. The minimum atomic E-state index is -0.208. The number of thiazole rings is 1. The molecule has 1 aliphatic carbocycles. The van der Waals surface area contributed by atoms with Crippen LogP contribution in [0.25, 0.3) is 10.2 Å². The normalized spacial score (nSPS) is 20.4. The number of hydrogen-bond donors (Lipinski definition) is 1. The molecule has 3 aromatic rings. The van der Waals surface area contributed by atoms with Crippen molar-refractivity contribution in [1.82, 2.24) is 4.98 Å². The predicted molar refractivity (Wildman–Crippen MR) is 133 cm³/mol. The molecule has 1 aromatic heterocycles. The first-order valence-electron chi connectivity index (χ1n) is 10.6. The molecule has 1 saturated carbocycles. The van der Waals surface area contributed by atoms with Crippen LogP contribution < -0.4 is 10.2 Å². The highest BCUT2D eigenvalue weighted by Crippen LogP contribution is 2.41. The van der Waals surface area contributed by atoms with Crippen LogP contribution in [0.3, 0.4) is 0 Å². The molecule has 2 aliphatic rings. The number of carbonyl (C=O) groups is 3. The minimum Gasteiger partial charge on any atom is -0.324 e. The van der Waals surface area contributed by atoms with Crippen LogP contribution in [0.5, 0.6) is 0 Å². The number of rotatable bonds is 5. The van der Waals surface area contributed by atoms with E-state index in [4.69, 9.17) is 23.2 Å². The summed E-state index contributed by atoms with van der Waals surface area (Å²) in [7, 11) is 0. The molecule has 2 aromatic carbocycles. The van der Waals surface area contributed by atoms with Gasteiger partial charge in [-0.25, -0.2) is 4.98 Å². The van der Waals surface area contributed by atoms with Gasteiger partial charge < -0.3 is 5.32 Å². The Bertz CT molecular complexity index is 1260. The van der Waals surface area contributed by atoms with Crippen molar-refractivity contribution in [3.05, 3.63) is 46.4 Å². The Labute approximate surface area is 208 Å². The van der Waals surface area contributed by atoms with Gasteiger partial charge in [0.15, 0.2) is 4.34 Å². The van der Waals surface area contributed by atoms with E-state index in [1.54, 1.807) is 24.3 Å². The van der Waals surface area contributed by atoms with Gasteiger partial charge in [-0.1, -0.05) is 47.8 Å². The summed E-state index contributed by atoms with van der Waals surface area (Å²) in [5, 5.41) is 3.64. The van der Waals surface area contributed by atoms with Gasteiger partial charge in [-0.05, 0) is 49.2 Å². The number of imide groups is 1. The molecular formula is C23H19Cl2N3O3S2. The first-order chi connectivity index (χ1) is 15.9. The van der Waals surface area contributed by atoms with E-state index < -0.39 is 0 Å². The van der Waals surface area contributed by atoms with Crippen molar-refractivity contribution in [1.29, 1.82) is 0 Å². The number of anilines is 2. The molecule has 6 nitrogen and oxygen atoms in total. The molecule has 0 unspecified atom stereocenters. The zero-order valence-electron chi connectivity index (χ0n) is 17.3. The molecule has 33 heavy (non-hydrogen) atoms. The maximum atomic E-state index is 12.9. The van der Waals surface area contributed by atoms with Crippen molar-refractivity contribution in [3.8, 4) is 0 Å². The number of thioether (sulfide) groups is 1. The predicted octanol–water partition coefficient (Wildman–Crippen LogP) is 6.01. The number of halogens is 2. The Hall–Kier alpha value is -2.13. The third-order valence-electron chi connectivity index (χ3n) is 5.98. The average Bonchev–Trinajstić information content (AvgIpc) is 3.32. The molecule has 0 radical (unpaired) electrons. The van der Waals surface area contributed by atoms with Crippen LogP contribution in [0.15, 0.2) is 40.7 Å². The number of amides is 3. The highest BCUT2D eigenvalue weighted by molar-refractivity contribution is 8.01. The lowest BCUT2D eigenvalue weighted by molar-refractivity contribution is -0.122. The van der Waals surface area contributed by atoms with Gasteiger partial charge in [0, 0.05) is 5.02 Å². The molecule has 2 fully saturated rings. The molecule has 1 aliphatic heterocycles. The van der Waals surface area contributed by atoms with E-state index in [1.807, 2.05) is 12.1 Å². The Morgan fingerprint density at radius 1 is 1.09 bits per heavy atom. The Morgan fingerprint density at radius 2 is 1.82 bits per heavy atom. The quantitative estimate of drug-likeness (QED) is 0.329. The molecule has 5 rings (SSSR count). The molecular weight excluding hydrogens is 501 g/mol. The van der Waals surface area contributed by atoms with E-state index in [1.165, 1.54) is 28.0 Å². The van der Waals surface area contributed by atoms with Gasteiger partial charge in [-0.15, -0.1) is 11.3 Å². The number of aromatic nitrogens is 1. The van der Waals surface area contributed by atoms with E-state index in [2.05, 4.69) is 10.3 Å². The van der Waals surface area contributed by atoms with Crippen LogP contribution in [-0.4, -0.2) is 28.5 Å². The van der Waals surface area contributed by atoms with Crippen LogP contribution in [0.2, 0.25) is 10.0 Å². The van der Waals surface area contributed by atoms with Crippen LogP contribution in [0.1, 0.15) is 25.7 Å². The summed E-state index contributed by atoms with van der Waals surface area (Å²) in [5.74, 6) is -0.566. The minimum absolute atomic E-state index is 0.0827. The summed E-state index contributed by atoms with van der Waals surface area (Å²) < 4.78 is 1.60. The van der Waals surface area contributed by atoms with Gasteiger partial charge >= 0.3 is 0 Å². The maximum absolute atomic E-state index is 12.9. The third-order valence-corrected chi connectivity index (χ3v) is 8.69. The largest absolute Gasteiger partial charge is 0.324 e. The van der Waals surface area contributed by atoms with E-state index in [0.29, 0.717) is 21.4 Å². The SMILES string of the molecule is O=C(CSc1nc2ccc(N3C(=O)[C@@H]4CCCC[C@H]4C3=O)cc2s1)Nc1ccc(Cl)cc1Cl. The summed E-state index contributed by atoms with van der Waals surface area (Å²) >= 11 is 14.7. The lowest BCUT2D eigenvalue weighted by Crippen LogP contribution is -2.30. The van der Waals surface area contributed by atoms with Crippen molar-refractivity contribution in [2.75, 3.05) is 16.0 Å². The van der Waals surface area contributed by atoms with Gasteiger partial charge in [0.05, 0.1) is 44.2 Å². The highest BCUT2D eigenvalue weighted by atomic mass is 35.5. The van der Waals surface area contributed by atoms with E-state index in [9.17, 15) is 14.4 Å². The summed E-state index contributed by atoms with van der Waals surface area (Å²) in [6.07, 6.45) is 3.58. The zero-order chi connectivity index (χ0) is 23.1.